The van der Waals surface area contributed by atoms with E-state index in [9.17, 15) is 4.79 Å². The lowest BCUT2D eigenvalue weighted by Gasteiger charge is -2.07. The van der Waals surface area contributed by atoms with E-state index >= 15 is 0 Å². The van der Waals surface area contributed by atoms with Gasteiger partial charge in [-0.1, -0.05) is 37.3 Å². The maximum atomic E-state index is 12.2. The van der Waals surface area contributed by atoms with Gasteiger partial charge in [-0.2, -0.15) is 0 Å². The summed E-state index contributed by atoms with van der Waals surface area (Å²) in [7, 11) is 0. The van der Waals surface area contributed by atoms with Crippen molar-refractivity contribution in [3.63, 3.8) is 0 Å². The zero-order valence-corrected chi connectivity index (χ0v) is 14.1. The van der Waals surface area contributed by atoms with E-state index in [4.69, 9.17) is 0 Å². The molecule has 1 amide bonds. The van der Waals surface area contributed by atoms with Gasteiger partial charge < -0.3 is 5.32 Å². The first-order chi connectivity index (χ1) is 11.8. The molecule has 0 unspecified atom stereocenters. The molecule has 4 nitrogen and oxygen atoms in total. The lowest BCUT2D eigenvalue weighted by Crippen LogP contribution is -2.11. The molecule has 3 rings (SSSR count). The minimum absolute atomic E-state index is 0.131. The summed E-state index contributed by atoms with van der Waals surface area (Å²) < 4.78 is 0. The minimum Gasteiger partial charge on any atom is -0.322 e. The number of anilines is 1. The molecule has 2 aromatic carbocycles. The largest absolute Gasteiger partial charge is 0.322 e. The molecule has 5 heteroatoms. The molecule has 24 heavy (non-hydrogen) atoms. The van der Waals surface area contributed by atoms with E-state index in [0.717, 1.165) is 27.7 Å². The predicted octanol–water partition coefficient (Wildman–Crippen LogP) is 4.51. The number of nitrogens with one attached hydrogen (secondary N) is 1. The molecule has 1 aromatic heterocycles. The van der Waals surface area contributed by atoms with Crippen LogP contribution < -0.4 is 5.32 Å². The molecular weight excluding hydrogens is 318 g/mol. The van der Waals surface area contributed by atoms with Gasteiger partial charge in [0.1, 0.15) is 5.03 Å². The average Bonchev–Trinajstić information content (AvgIpc) is 2.63. The SMILES string of the molecule is CCSc1ccc(-c2cccc(NC(=O)c3ccccc3)c2)nn1. The summed E-state index contributed by atoms with van der Waals surface area (Å²) in [5.41, 5.74) is 3.06. The highest BCUT2D eigenvalue weighted by Gasteiger charge is 2.07. The molecule has 0 fully saturated rings. The van der Waals surface area contributed by atoms with Crippen LogP contribution in [0.15, 0.2) is 71.8 Å². The smallest absolute Gasteiger partial charge is 0.255 e. The van der Waals surface area contributed by atoms with Crippen molar-refractivity contribution in [1.82, 2.24) is 10.2 Å². The van der Waals surface area contributed by atoms with Gasteiger partial charge in [-0.25, -0.2) is 0 Å². The van der Waals surface area contributed by atoms with Gasteiger partial charge in [0.05, 0.1) is 5.69 Å². The van der Waals surface area contributed by atoms with Crippen molar-refractivity contribution in [3.8, 4) is 11.3 Å². The molecule has 0 aliphatic carbocycles. The number of thioether (sulfide) groups is 1. The molecule has 3 aromatic rings. The van der Waals surface area contributed by atoms with E-state index in [-0.39, 0.29) is 5.91 Å². The summed E-state index contributed by atoms with van der Waals surface area (Å²) in [4.78, 5) is 12.2. The Kier molecular flexibility index (Phi) is 5.23. The Morgan fingerprint density at radius 2 is 1.83 bits per heavy atom. The van der Waals surface area contributed by atoms with Crippen molar-refractivity contribution in [2.45, 2.75) is 11.9 Å². The van der Waals surface area contributed by atoms with E-state index in [2.05, 4.69) is 22.4 Å². The van der Waals surface area contributed by atoms with Crippen molar-refractivity contribution in [2.75, 3.05) is 11.1 Å². The van der Waals surface area contributed by atoms with Crippen LogP contribution in [0.4, 0.5) is 5.69 Å². The van der Waals surface area contributed by atoms with E-state index in [0.29, 0.717) is 5.56 Å². The van der Waals surface area contributed by atoms with Crippen LogP contribution in [0, 0.1) is 0 Å². The summed E-state index contributed by atoms with van der Waals surface area (Å²) in [6.07, 6.45) is 0. The summed E-state index contributed by atoms with van der Waals surface area (Å²) in [5, 5.41) is 12.3. The third-order valence-electron chi connectivity index (χ3n) is 3.38. The van der Waals surface area contributed by atoms with Gasteiger partial charge >= 0.3 is 0 Å². The number of aromatic nitrogens is 2. The Hall–Kier alpha value is -2.66. The number of nitrogens with zero attached hydrogens (tertiary/aromatic N) is 2. The van der Waals surface area contributed by atoms with Gasteiger partial charge in [-0.15, -0.1) is 22.0 Å². The van der Waals surface area contributed by atoms with E-state index in [1.165, 1.54) is 0 Å². The normalized spacial score (nSPS) is 10.4. The van der Waals surface area contributed by atoms with Crippen LogP contribution in [0.5, 0.6) is 0 Å². The Balaban J connectivity index is 1.77. The third-order valence-corrected chi connectivity index (χ3v) is 4.19. The number of benzene rings is 2. The van der Waals surface area contributed by atoms with Gasteiger partial charge in [0, 0.05) is 16.8 Å². The van der Waals surface area contributed by atoms with E-state index in [1.807, 2.05) is 54.6 Å². The van der Waals surface area contributed by atoms with Crippen molar-refractivity contribution >= 4 is 23.4 Å². The maximum Gasteiger partial charge on any atom is 0.255 e. The second-order valence-corrected chi connectivity index (χ2v) is 6.38. The fourth-order valence-corrected chi connectivity index (χ4v) is 2.81. The second-order valence-electron chi connectivity index (χ2n) is 5.09. The highest BCUT2D eigenvalue weighted by Crippen LogP contribution is 2.22. The molecule has 0 bridgehead atoms. The predicted molar refractivity (Wildman–Crippen MR) is 98.3 cm³/mol. The van der Waals surface area contributed by atoms with Crippen LogP contribution in [0.1, 0.15) is 17.3 Å². The van der Waals surface area contributed by atoms with Crippen LogP contribution in [0.25, 0.3) is 11.3 Å². The van der Waals surface area contributed by atoms with Gasteiger partial charge in [0.25, 0.3) is 5.91 Å². The van der Waals surface area contributed by atoms with Gasteiger partial charge in [0.15, 0.2) is 0 Å². The Morgan fingerprint density at radius 3 is 2.54 bits per heavy atom. The fraction of sp³-hybridized carbons (Fsp3) is 0.105. The fourth-order valence-electron chi connectivity index (χ4n) is 2.25. The molecule has 0 saturated carbocycles. The topological polar surface area (TPSA) is 54.9 Å². The first kappa shape index (κ1) is 16.2. The number of hydrogen-bond donors (Lipinski definition) is 1. The quantitative estimate of drug-likeness (QED) is 0.697. The number of rotatable bonds is 5. The Bertz CT molecular complexity index is 820. The molecule has 1 heterocycles. The van der Waals surface area contributed by atoms with Crippen LogP contribution in [-0.2, 0) is 0 Å². The first-order valence-corrected chi connectivity index (χ1v) is 8.68. The van der Waals surface area contributed by atoms with Gasteiger partial charge in [-0.3, -0.25) is 4.79 Å². The molecule has 1 N–H and O–H groups in total. The monoisotopic (exact) mass is 335 g/mol. The van der Waals surface area contributed by atoms with Gasteiger partial charge in [0.2, 0.25) is 0 Å². The molecule has 0 spiro atoms. The summed E-state index contributed by atoms with van der Waals surface area (Å²) in [6.45, 7) is 2.08. The zero-order chi connectivity index (χ0) is 16.8. The summed E-state index contributed by atoms with van der Waals surface area (Å²) >= 11 is 1.66. The highest BCUT2D eigenvalue weighted by molar-refractivity contribution is 7.99. The zero-order valence-electron chi connectivity index (χ0n) is 13.3. The van der Waals surface area contributed by atoms with E-state index < -0.39 is 0 Å². The van der Waals surface area contributed by atoms with Crippen molar-refractivity contribution in [3.05, 3.63) is 72.3 Å². The van der Waals surface area contributed by atoms with Gasteiger partial charge in [-0.05, 0) is 42.2 Å². The highest BCUT2D eigenvalue weighted by atomic mass is 32.2. The molecule has 0 aliphatic rings. The Labute approximate surface area is 145 Å². The number of carbonyl (C=O) groups is 1. The van der Waals surface area contributed by atoms with Crippen LogP contribution in [-0.4, -0.2) is 21.9 Å². The second kappa shape index (κ2) is 7.75. The summed E-state index contributed by atoms with van der Waals surface area (Å²) in [6, 6.07) is 20.7. The van der Waals surface area contributed by atoms with Crippen LogP contribution >= 0.6 is 11.8 Å². The third kappa shape index (κ3) is 4.00. The summed E-state index contributed by atoms with van der Waals surface area (Å²) in [5.74, 6) is 0.836. The Morgan fingerprint density at radius 1 is 1.00 bits per heavy atom. The van der Waals surface area contributed by atoms with Crippen LogP contribution in [0.2, 0.25) is 0 Å². The molecule has 120 valence electrons. The average molecular weight is 335 g/mol. The number of amides is 1. The molecule has 0 saturated heterocycles. The minimum atomic E-state index is -0.131. The maximum absolute atomic E-state index is 12.2. The molecular formula is C19H17N3OS. The lowest BCUT2D eigenvalue weighted by molar-refractivity contribution is 0.102. The molecule has 0 aliphatic heterocycles. The standard InChI is InChI=1S/C19H17N3OS/c1-2-24-18-12-11-17(21-22-18)15-9-6-10-16(13-15)20-19(23)14-7-4-3-5-8-14/h3-13H,2H2,1H3,(H,20,23). The number of hydrogen-bond acceptors (Lipinski definition) is 4. The first-order valence-electron chi connectivity index (χ1n) is 7.69. The van der Waals surface area contributed by atoms with Crippen LogP contribution in [0.3, 0.4) is 0 Å². The molecule has 0 atom stereocenters. The van der Waals surface area contributed by atoms with Crippen molar-refractivity contribution in [2.24, 2.45) is 0 Å². The molecule has 0 radical (unpaired) electrons. The van der Waals surface area contributed by atoms with E-state index in [1.54, 1.807) is 23.9 Å². The lowest BCUT2D eigenvalue weighted by atomic mass is 10.1. The van der Waals surface area contributed by atoms with Crippen molar-refractivity contribution in [1.29, 1.82) is 0 Å². The number of carbonyl (C=O) groups excluding carboxylic acids is 1. The van der Waals surface area contributed by atoms with Crippen molar-refractivity contribution < 1.29 is 4.79 Å².